The molecule has 20 heavy (non-hydrogen) atoms. The summed E-state index contributed by atoms with van der Waals surface area (Å²) in [4.78, 5) is 14.6. The lowest BCUT2D eigenvalue weighted by Gasteiger charge is -2.23. The standard InChI is InChI=1S/C14H22N2O2S2/c1-9(17)12-10(15)11(18-4)13(20-12)16-6-5-14(2,3)19-8-7-16/h5-8,15H2,1-4H3. The van der Waals surface area contributed by atoms with Gasteiger partial charge in [-0.1, -0.05) is 13.8 Å². The molecule has 2 N–H and O–H groups in total. The molecule has 0 amide bonds. The van der Waals surface area contributed by atoms with Crippen LogP contribution in [0.5, 0.6) is 5.75 Å². The van der Waals surface area contributed by atoms with Crippen LogP contribution in [0.1, 0.15) is 36.9 Å². The number of thiophene rings is 1. The van der Waals surface area contributed by atoms with Crippen molar-refractivity contribution >= 4 is 39.6 Å². The molecule has 112 valence electrons. The Morgan fingerprint density at radius 3 is 2.70 bits per heavy atom. The highest BCUT2D eigenvalue weighted by Gasteiger charge is 2.28. The molecule has 2 rings (SSSR count). The van der Waals surface area contributed by atoms with Gasteiger partial charge < -0.3 is 15.4 Å². The first kappa shape index (κ1) is 15.5. The molecule has 0 aliphatic carbocycles. The molecule has 4 nitrogen and oxygen atoms in total. The lowest BCUT2D eigenvalue weighted by molar-refractivity contribution is 0.102. The minimum absolute atomic E-state index is 0.00146. The van der Waals surface area contributed by atoms with Gasteiger partial charge in [0.2, 0.25) is 0 Å². The van der Waals surface area contributed by atoms with Gasteiger partial charge in [0, 0.05) is 30.5 Å². The van der Waals surface area contributed by atoms with Gasteiger partial charge in [-0.05, 0) is 6.42 Å². The van der Waals surface area contributed by atoms with Gasteiger partial charge in [-0.3, -0.25) is 4.79 Å². The van der Waals surface area contributed by atoms with Gasteiger partial charge >= 0.3 is 0 Å². The number of anilines is 2. The molecule has 6 heteroatoms. The van der Waals surface area contributed by atoms with E-state index in [2.05, 4.69) is 18.7 Å². The topological polar surface area (TPSA) is 55.6 Å². The number of ketones is 1. The van der Waals surface area contributed by atoms with Gasteiger partial charge in [-0.2, -0.15) is 11.8 Å². The fourth-order valence-corrected chi connectivity index (χ4v) is 4.54. The summed E-state index contributed by atoms with van der Waals surface area (Å²) in [5.74, 6) is 1.73. The summed E-state index contributed by atoms with van der Waals surface area (Å²) < 4.78 is 5.74. The van der Waals surface area contributed by atoms with Crippen molar-refractivity contribution in [3.63, 3.8) is 0 Å². The summed E-state index contributed by atoms with van der Waals surface area (Å²) in [5, 5.41) is 0.994. The van der Waals surface area contributed by atoms with Crippen LogP contribution in [0.4, 0.5) is 10.7 Å². The van der Waals surface area contributed by atoms with Crippen molar-refractivity contribution in [2.75, 3.05) is 36.6 Å². The van der Waals surface area contributed by atoms with E-state index in [1.807, 2.05) is 11.8 Å². The van der Waals surface area contributed by atoms with Gasteiger partial charge in [-0.15, -0.1) is 11.3 Å². The van der Waals surface area contributed by atoms with E-state index in [9.17, 15) is 4.79 Å². The lowest BCUT2D eigenvalue weighted by Crippen LogP contribution is -2.26. The molecule has 1 aliphatic rings. The van der Waals surface area contributed by atoms with Gasteiger partial charge in [0.25, 0.3) is 0 Å². The first-order valence-corrected chi connectivity index (χ1v) is 8.52. The van der Waals surface area contributed by atoms with Crippen LogP contribution >= 0.6 is 23.1 Å². The number of nitrogens with two attached hydrogens (primary N) is 1. The normalized spacial score (nSPS) is 18.7. The first-order valence-electron chi connectivity index (χ1n) is 6.72. The second-order valence-corrected chi connectivity index (χ2v) is 8.39. The number of carbonyl (C=O) groups is 1. The van der Waals surface area contributed by atoms with E-state index in [1.54, 1.807) is 14.0 Å². The van der Waals surface area contributed by atoms with Crippen molar-refractivity contribution in [2.45, 2.75) is 31.9 Å². The van der Waals surface area contributed by atoms with E-state index < -0.39 is 0 Å². The number of nitrogens with zero attached hydrogens (tertiary/aromatic N) is 1. The third-order valence-corrected chi connectivity index (χ3v) is 6.25. The number of hydrogen-bond acceptors (Lipinski definition) is 6. The Hall–Kier alpha value is -0.880. The van der Waals surface area contributed by atoms with Gasteiger partial charge in [0.05, 0.1) is 17.7 Å². The summed E-state index contributed by atoms with van der Waals surface area (Å²) in [5.41, 5.74) is 6.53. The number of hydrogen-bond donors (Lipinski definition) is 1. The highest BCUT2D eigenvalue weighted by Crippen LogP contribution is 2.46. The highest BCUT2D eigenvalue weighted by atomic mass is 32.2. The van der Waals surface area contributed by atoms with E-state index in [-0.39, 0.29) is 5.78 Å². The maximum absolute atomic E-state index is 11.7. The number of nitrogen functional groups attached to an aromatic ring is 1. The maximum atomic E-state index is 11.7. The number of carbonyl (C=O) groups excluding carboxylic acids is 1. The molecule has 0 bridgehead atoms. The zero-order valence-electron chi connectivity index (χ0n) is 12.5. The van der Waals surface area contributed by atoms with Crippen LogP contribution in [0.25, 0.3) is 0 Å². The van der Waals surface area contributed by atoms with E-state index in [4.69, 9.17) is 10.5 Å². The predicted octanol–water partition coefficient (Wildman–Crippen LogP) is 3.26. The van der Waals surface area contributed by atoms with E-state index in [0.29, 0.717) is 21.1 Å². The SMILES string of the molecule is COc1c(N2CCSC(C)(C)CC2)sc(C(C)=O)c1N. The summed E-state index contributed by atoms with van der Waals surface area (Å²) >= 11 is 3.45. The van der Waals surface area contributed by atoms with Crippen molar-refractivity contribution in [1.29, 1.82) is 0 Å². The minimum atomic E-state index is 0.00146. The molecule has 0 atom stereocenters. The summed E-state index contributed by atoms with van der Waals surface area (Å²) in [7, 11) is 1.61. The Bertz CT molecular complexity index is 512. The third-order valence-electron chi connectivity index (χ3n) is 3.53. The molecule has 1 aromatic heterocycles. The van der Waals surface area contributed by atoms with E-state index >= 15 is 0 Å². The quantitative estimate of drug-likeness (QED) is 0.868. The molecule has 0 unspecified atom stereocenters. The van der Waals surface area contributed by atoms with Crippen molar-refractivity contribution in [1.82, 2.24) is 0 Å². The average Bonchev–Trinajstić information content (AvgIpc) is 2.59. The highest BCUT2D eigenvalue weighted by molar-refractivity contribution is 8.00. The Kier molecular flexibility index (Phi) is 4.54. The summed E-state index contributed by atoms with van der Waals surface area (Å²) in [6, 6.07) is 0. The second-order valence-electron chi connectivity index (χ2n) is 5.58. The van der Waals surface area contributed by atoms with Crippen LogP contribution in [-0.4, -0.2) is 36.5 Å². The molecule has 1 aromatic rings. The molecule has 2 heterocycles. The number of rotatable bonds is 3. The Morgan fingerprint density at radius 1 is 1.40 bits per heavy atom. The Balaban J connectivity index is 2.32. The number of ether oxygens (including phenoxy) is 1. The fourth-order valence-electron chi connectivity index (χ4n) is 2.31. The van der Waals surface area contributed by atoms with Crippen molar-refractivity contribution < 1.29 is 9.53 Å². The lowest BCUT2D eigenvalue weighted by atomic mass is 10.1. The molecular weight excluding hydrogens is 292 g/mol. The zero-order valence-corrected chi connectivity index (χ0v) is 14.1. The van der Waals surface area contributed by atoms with E-state index in [1.165, 1.54) is 11.3 Å². The summed E-state index contributed by atoms with van der Waals surface area (Å²) in [6.45, 7) is 8.03. The van der Waals surface area contributed by atoms with Crippen LogP contribution < -0.4 is 15.4 Å². The van der Waals surface area contributed by atoms with Crippen molar-refractivity contribution in [3.8, 4) is 5.75 Å². The van der Waals surface area contributed by atoms with Gasteiger partial charge in [0.1, 0.15) is 5.00 Å². The van der Waals surface area contributed by atoms with E-state index in [0.717, 1.165) is 30.3 Å². The second kappa shape index (κ2) is 5.85. The Labute approximate surface area is 128 Å². The Morgan fingerprint density at radius 2 is 2.10 bits per heavy atom. The van der Waals surface area contributed by atoms with Crippen LogP contribution in [0.15, 0.2) is 0 Å². The molecule has 1 saturated heterocycles. The number of thioether (sulfide) groups is 1. The van der Waals surface area contributed by atoms with Gasteiger partial charge in [-0.25, -0.2) is 0 Å². The number of Topliss-reactive ketones (excluding diaryl/α,β-unsaturated/α-hetero) is 1. The molecule has 1 fully saturated rings. The average molecular weight is 314 g/mol. The fraction of sp³-hybridized carbons (Fsp3) is 0.643. The molecule has 0 aromatic carbocycles. The molecule has 0 saturated carbocycles. The molecule has 1 aliphatic heterocycles. The van der Waals surface area contributed by atoms with Crippen molar-refractivity contribution in [2.24, 2.45) is 0 Å². The zero-order chi connectivity index (χ0) is 14.9. The summed E-state index contributed by atoms with van der Waals surface area (Å²) in [6.07, 6.45) is 1.11. The number of methoxy groups -OCH3 is 1. The van der Waals surface area contributed by atoms with Crippen LogP contribution in [0, 0.1) is 0 Å². The van der Waals surface area contributed by atoms with Crippen LogP contribution in [0.3, 0.4) is 0 Å². The predicted molar refractivity (Wildman–Crippen MR) is 88.7 cm³/mol. The van der Waals surface area contributed by atoms with Gasteiger partial charge in [0.15, 0.2) is 11.5 Å². The van der Waals surface area contributed by atoms with Crippen molar-refractivity contribution in [3.05, 3.63) is 4.88 Å². The minimum Gasteiger partial charge on any atom is -0.492 e. The first-order chi connectivity index (χ1) is 9.35. The largest absolute Gasteiger partial charge is 0.492 e. The molecular formula is C14H22N2O2S2. The monoisotopic (exact) mass is 314 g/mol. The molecule has 0 spiro atoms. The molecule has 0 radical (unpaired) electrons. The van der Waals surface area contributed by atoms with Crippen LogP contribution in [0.2, 0.25) is 0 Å². The smallest absolute Gasteiger partial charge is 0.177 e. The third kappa shape index (κ3) is 3.06. The van der Waals surface area contributed by atoms with Crippen LogP contribution in [-0.2, 0) is 0 Å². The maximum Gasteiger partial charge on any atom is 0.177 e.